The van der Waals surface area contributed by atoms with Crippen LogP contribution in [0.1, 0.15) is 52.4 Å². The highest BCUT2D eigenvalue weighted by Gasteiger charge is 2.75. The molecule has 0 spiro atoms. The molecule has 4 heteroatoms. The normalized spacial score (nSPS) is 53.2. The predicted octanol–water partition coefficient (Wildman–Crippen LogP) is 3.60. The third-order valence-corrected chi connectivity index (χ3v) is 9.16. The summed E-state index contributed by atoms with van der Waals surface area (Å²) in [5, 5.41) is 20.8. The van der Waals surface area contributed by atoms with Gasteiger partial charge in [-0.2, -0.15) is 0 Å². The van der Waals surface area contributed by atoms with Gasteiger partial charge in [-0.25, -0.2) is 4.79 Å². The minimum atomic E-state index is -0.982. The molecular formula is C23H30O4. The molecule has 0 unspecified atom stereocenters. The molecule has 0 radical (unpaired) electrons. The van der Waals surface area contributed by atoms with E-state index in [1.807, 2.05) is 6.08 Å². The van der Waals surface area contributed by atoms with Crippen molar-refractivity contribution < 1.29 is 19.8 Å². The summed E-state index contributed by atoms with van der Waals surface area (Å²) < 4.78 is 0. The van der Waals surface area contributed by atoms with Crippen molar-refractivity contribution in [2.24, 2.45) is 46.8 Å². The largest absolute Gasteiger partial charge is 0.478 e. The van der Waals surface area contributed by atoms with Crippen molar-refractivity contribution in [3.8, 4) is 0 Å². The van der Waals surface area contributed by atoms with Gasteiger partial charge in [-0.15, -0.1) is 0 Å². The smallest absolute Gasteiger partial charge is 0.328 e. The zero-order chi connectivity index (χ0) is 19.1. The van der Waals surface area contributed by atoms with Crippen LogP contribution in [-0.4, -0.2) is 27.6 Å². The summed E-state index contributed by atoms with van der Waals surface area (Å²) in [7, 11) is 0. The van der Waals surface area contributed by atoms with Gasteiger partial charge in [-0.1, -0.05) is 19.4 Å². The van der Waals surface area contributed by atoms with E-state index in [1.54, 1.807) is 6.08 Å². The second-order valence-electron chi connectivity index (χ2n) is 10.2. The SMILES string of the molecule is C[C@@H]1CC2=CC(=O)CC[C@@H]2[C@H]2CC[C@@]3(C)[C@@H]([C@H]4C[C@H]4[C@@]3(O)/C=C\C(=O)O)[C@@H]21. The molecule has 0 aliphatic heterocycles. The molecule has 4 fully saturated rings. The molecular weight excluding hydrogens is 340 g/mol. The van der Waals surface area contributed by atoms with Crippen molar-refractivity contribution in [3.63, 3.8) is 0 Å². The number of allylic oxidation sites excluding steroid dienone is 1. The van der Waals surface area contributed by atoms with Gasteiger partial charge in [0.1, 0.15) is 0 Å². The van der Waals surface area contributed by atoms with Crippen LogP contribution >= 0.6 is 0 Å². The zero-order valence-corrected chi connectivity index (χ0v) is 16.2. The van der Waals surface area contributed by atoms with Crippen LogP contribution in [0.15, 0.2) is 23.8 Å². The highest BCUT2D eigenvalue weighted by molar-refractivity contribution is 5.91. The fourth-order valence-corrected chi connectivity index (χ4v) is 8.12. The molecule has 0 heterocycles. The Hall–Kier alpha value is -1.42. The van der Waals surface area contributed by atoms with E-state index in [0.29, 0.717) is 47.7 Å². The monoisotopic (exact) mass is 370 g/mol. The maximum absolute atomic E-state index is 11.9. The average Bonchev–Trinajstić information content (AvgIpc) is 3.36. The van der Waals surface area contributed by atoms with E-state index in [9.17, 15) is 14.7 Å². The molecule has 0 amide bonds. The number of hydrogen-bond acceptors (Lipinski definition) is 3. The molecule has 5 rings (SSSR count). The van der Waals surface area contributed by atoms with E-state index >= 15 is 0 Å². The van der Waals surface area contributed by atoms with Gasteiger partial charge < -0.3 is 10.2 Å². The number of ketones is 1. The second kappa shape index (κ2) is 5.56. The lowest BCUT2D eigenvalue weighted by atomic mass is 9.47. The number of carboxylic acid groups (broad SMARTS) is 1. The summed E-state index contributed by atoms with van der Waals surface area (Å²) in [5.41, 5.74) is 0.174. The number of aliphatic carboxylic acids is 1. The molecule has 0 aromatic rings. The first-order chi connectivity index (χ1) is 12.8. The summed E-state index contributed by atoms with van der Waals surface area (Å²) in [4.78, 5) is 23.0. The summed E-state index contributed by atoms with van der Waals surface area (Å²) in [6.45, 7) is 4.55. The molecule has 5 aliphatic rings. The fourth-order valence-electron chi connectivity index (χ4n) is 8.12. The third kappa shape index (κ3) is 2.25. The predicted molar refractivity (Wildman–Crippen MR) is 101 cm³/mol. The van der Waals surface area contributed by atoms with Crippen LogP contribution in [0.5, 0.6) is 0 Å². The van der Waals surface area contributed by atoms with Crippen LogP contribution in [0.25, 0.3) is 0 Å². The van der Waals surface area contributed by atoms with E-state index in [4.69, 9.17) is 5.11 Å². The molecule has 146 valence electrons. The Morgan fingerprint density at radius 3 is 2.81 bits per heavy atom. The number of carboxylic acids is 1. The number of rotatable bonds is 2. The van der Waals surface area contributed by atoms with Crippen LogP contribution in [-0.2, 0) is 9.59 Å². The molecule has 4 saturated carbocycles. The molecule has 5 aliphatic carbocycles. The van der Waals surface area contributed by atoms with Crippen molar-refractivity contribution in [1.29, 1.82) is 0 Å². The number of aliphatic hydroxyl groups is 1. The Bertz CT molecular complexity index is 766. The summed E-state index contributed by atoms with van der Waals surface area (Å²) in [6.07, 6.45) is 10.5. The quantitative estimate of drug-likeness (QED) is 0.728. The highest BCUT2D eigenvalue weighted by atomic mass is 16.4. The van der Waals surface area contributed by atoms with Crippen LogP contribution in [0.4, 0.5) is 0 Å². The van der Waals surface area contributed by atoms with Crippen LogP contribution < -0.4 is 0 Å². The summed E-state index contributed by atoms with van der Waals surface area (Å²) in [5.74, 6) is 2.83. The van der Waals surface area contributed by atoms with Crippen LogP contribution in [0.2, 0.25) is 0 Å². The maximum atomic E-state index is 11.9. The second-order valence-corrected chi connectivity index (χ2v) is 10.2. The van der Waals surface area contributed by atoms with Crippen LogP contribution in [0.3, 0.4) is 0 Å². The average molecular weight is 370 g/mol. The molecule has 9 atom stereocenters. The van der Waals surface area contributed by atoms with Crippen molar-refractivity contribution in [3.05, 3.63) is 23.8 Å². The first-order valence-corrected chi connectivity index (χ1v) is 10.6. The molecule has 0 aromatic heterocycles. The summed E-state index contributed by atoms with van der Waals surface area (Å²) in [6, 6.07) is 0. The number of carbonyl (C=O) groups is 2. The first kappa shape index (κ1) is 17.7. The fraction of sp³-hybridized carbons (Fsp3) is 0.739. The lowest BCUT2D eigenvalue weighted by molar-refractivity contribution is -0.133. The van der Waals surface area contributed by atoms with Gasteiger partial charge in [0.2, 0.25) is 0 Å². The Morgan fingerprint density at radius 2 is 2.07 bits per heavy atom. The Labute approximate surface area is 160 Å². The van der Waals surface area contributed by atoms with Crippen molar-refractivity contribution in [2.45, 2.75) is 58.0 Å². The molecule has 27 heavy (non-hydrogen) atoms. The number of fused-ring (bicyclic) bond motifs is 7. The van der Waals surface area contributed by atoms with Gasteiger partial charge >= 0.3 is 5.97 Å². The van der Waals surface area contributed by atoms with Gasteiger partial charge in [0.15, 0.2) is 5.78 Å². The number of hydrogen-bond donors (Lipinski definition) is 2. The molecule has 2 N–H and O–H groups in total. The molecule has 0 aromatic carbocycles. The Morgan fingerprint density at radius 1 is 1.30 bits per heavy atom. The van der Waals surface area contributed by atoms with Gasteiger partial charge in [0.25, 0.3) is 0 Å². The standard InChI is InChI=1S/C23H30O4/c1-12-9-13-10-14(24)3-4-15(13)16-5-7-22(2)21(20(12)16)17-11-18(17)23(22,27)8-6-19(25)26/h6,8,10,12,15-18,20-21,27H,3-5,7,9,11H2,1-2H3,(H,25,26)/b8-6-/t12-,15+,16-,17+,18-,20-,21+,22+,23+/m1/s1. The van der Waals surface area contributed by atoms with E-state index in [-0.39, 0.29) is 11.3 Å². The van der Waals surface area contributed by atoms with E-state index in [2.05, 4.69) is 13.8 Å². The molecule has 0 saturated heterocycles. The summed E-state index contributed by atoms with van der Waals surface area (Å²) >= 11 is 0. The van der Waals surface area contributed by atoms with Crippen molar-refractivity contribution >= 4 is 11.8 Å². The van der Waals surface area contributed by atoms with Gasteiger partial charge in [0, 0.05) is 17.9 Å². The van der Waals surface area contributed by atoms with Crippen molar-refractivity contribution in [1.82, 2.24) is 0 Å². The zero-order valence-electron chi connectivity index (χ0n) is 16.2. The minimum absolute atomic E-state index is 0.221. The van der Waals surface area contributed by atoms with E-state index in [1.165, 1.54) is 5.57 Å². The molecule has 0 bridgehead atoms. The minimum Gasteiger partial charge on any atom is -0.478 e. The van der Waals surface area contributed by atoms with Crippen LogP contribution in [0, 0.1) is 46.8 Å². The topological polar surface area (TPSA) is 74.6 Å². The lowest BCUT2D eigenvalue weighted by Gasteiger charge is -2.58. The first-order valence-electron chi connectivity index (χ1n) is 10.6. The van der Waals surface area contributed by atoms with E-state index in [0.717, 1.165) is 38.2 Å². The maximum Gasteiger partial charge on any atom is 0.328 e. The lowest BCUT2D eigenvalue weighted by Crippen LogP contribution is -2.56. The van der Waals surface area contributed by atoms with Gasteiger partial charge in [0.05, 0.1) is 5.60 Å². The highest BCUT2D eigenvalue weighted by Crippen LogP contribution is 2.76. The Balaban J connectivity index is 1.52. The third-order valence-electron chi connectivity index (χ3n) is 9.16. The number of carbonyl (C=O) groups excluding carboxylic acids is 1. The van der Waals surface area contributed by atoms with Crippen molar-refractivity contribution in [2.75, 3.05) is 0 Å². The van der Waals surface area contributed by atoms with E-state index < -0.39 is 11.6 Å². The molecule has 4 nitrogen and oxygen atoms in total. The van der Waals surface area contributed by atoms with Gasteiger partial charge in [-0.05, 0) is 85.7 Å². The van der Waals surface area contributed by atoms with Gasteiger partial charge in [-0.3, -0.25) is 4.79 Å². The Kier molecular flexibility index (Phi) is 3.64.